The zero-order chi connectivity index (χ0) is 13.1. The van der Waals surface area contributed by atoms with E-state index in [1.165, 1.54) is 0 Å². The molecule has 0 fully saturated rings. The molecular weight excluding hydrogens is 312 g/mol. The van der Waals surface area contributed by atoms with Gasteiger partial charge in [0.2, 0.25) is 5.82 Å². The number of aromatic nitrogens is 2. The van der Waals surface area contributed by atoms with Crippen LogP contribution in [0.2, 0.25) is 0 Å². The van der Waals surface area contributed by atoms with Crippen LogP contribution in [0, 0.1) is 11.3 Å². The SMILES string of the molecule is CCC(N)C(c1cc(Br)cs1)n1ccnc1C#N. The first kappa shape index (κ1) is 13.3. The maximum absolute atomic E-state index is 9.08. The third-order valence-electron chi connectivity index (χ3n) is 2.82. The lowest BCUT2D eigenvalue weighted by Crippen LogP contribution is -2.32. The summed E-state index contributed by atoms with van der Waals surface area (Å²) in [4.78, 5) is 5.17. The third kappa shape index (κ3) is 2.48. The van der Waals surface area contributed by atoms with E-state index in [9.17, 15) is 0 Å². The molecule has 0 aliphatic carbocycles. The van der Waals surface area contributed by atoms with Crippen LogP contribution in [0.5, 0.6) is 0 Å². The van der Waals surface area contributed by atoms with Crippen molar-refractivity contribution in [2.75, 3.05) is 0 Å². The fourth-order valence-corrected chi connectivity index (χ4v) is 3.50. The van der Waals surface area contributed by atoms with Crippen molar-refractivity contribution in [2.45, 2.75) is 25.4 Å². The van der Waals surface area contributed by atoms with Gasteiger partial charge in [-0.1, -0.05) is 6.92 Å². The second-order valence-electron chi connectivity index (χ2n) is 3.95. The van der Waals surface area contributed by atoms with E-state index < -0.39 is 0 Å². The van der Waals surface area contributed by atoms with E-state index >= 15 is 0 Å². The van der Waals surface area contributed by atoms with Gasteiger partial charge < -0.3 is 10.3 Å². The number of rotatable bonds is 4. The molecule has 0 radical (unpaired) electrons. The maximum atomic E-state index is 9.08. The molecule has 2 atom stereocenters. The van der Waals surface area contributed by atoms with Crippen LogP contribution in [0.25, 0.3) is 0 Å². The molecular formula is C12H13BrN4S. The summed E-state index contributed by atoms with van der Waals surface area (Å²) >= 11 is 5.08. The molecule has 0 amide bonds. The Kier molecular flexibility index (Phi) is 4.17. The molecule has 2 unspecified atom stereocenters. The highest BCUT2D eigenvalue weighted by molar-refractivity contribution is 9.10. The summed E-state index contributed by atoms with van der Waals surface area (Å²) in [5, 5.41) is 11.1. The number of nitrogens with two attached hydrogens (primary N) is 1. The van der Waals surface area contributed by atoms with Gasteiger partial charge in [0.1, 0.15) is 6.07 Å². The number of thiophene rings is 1. The summed E-state index contributed by atoms with van der Waals surface area (Å²) in [6.07, 6.45) is 4.28. The van der Waals surface area contributed by atoms with Crippen LogP contribution < -0.4 is 5.73 Å². The summed E-state index contributed by atoms with van der Waals surface area (Å²) in [6, 6.07) is 4.07. The van der Waals surface area contributed by atoms with Gasteiger partial charge in [0.25, 0.3) is 0 Å². The second kappa shape index (κ2) is 5.65. The van der Waals surface area contributed by atoms with Crippen molar-refractivity contribution < 1.29 is 0 Å². The normalized spacial score (nSPS) is 14.1. The van der Waals surface area contributed by atoms with Crippen molar-refractivity contribution in [3.05, 3.63) is 39.0 Å². The Hall–Kier alpha value is -1.16. The van der Waals surface area contributed by atoms with E-state index in [-0.39, 0.29) is 12.1 Å². The quantitative estimate of drug-likeness (QED) is 0.940. The van der Waals surface area contributed by atoms with Gasteiger partial charge in [-0.25, -0.2) is 4.98 Å². The van der Waals surface area contributed by atoms with Gasteiger partial charge in [-0.3, -0.25) is 0 Å². The minimum atomic E-state index is -0.0446. The van der Waals surface area contributed by atoms with Gasteiger partial charge in [-0.05, 0) is 28.4 Å². The molecule has 0 bridgehead atoms. The second-order valence-corrected chi connectivity index (χ2v) is 5.81. The molecule has 0 aromatic carbocycles. The Balaban J connectivity index is 2.47. The topological polar surface area (TPSA) is 67.6 Å². The minimum Gasteiger partial charge on any atom is -0.326 e. The minimum absolute atomic E-state index is 0.0385. The number of nitriles is 1. The van der Waals surface area contributed by atoms with Gasteiger partial charge in [0.15, 0.2) is 0 Å². The fraction of sp³-hybridized carbons (Fsp3) is 0.333. The lowest BCUT2D eigenvalue weighted by atomic mass is 10.0. The Bertz CT molecular complexity index is 569. The number of hydrogen-bond donors (Lipinski definition) is 1. The predicted molar refractivity (Wildman–Crippen MR) is 75.4 cm³/mol. The highest BCUT2D eigenvalue weighted by Crippen LogP contribution is 2.31. The van der Waals surface area contributed by atoms with Crippen LogP contribution in [0.4, 0.5) is 0 Å². The van der Waals surface area contributed by atoms with Crippen LogP contribution in [-0.2, 0) is 0 Å². The summed E-state index contributed by atoms with van der Waals surface area (Å²) in [6.45, 7) is 2.04. The van der Waals surface area contributed by atoms with Crippen LogP contribution in [0.15, 0.2) is 28.3 Å². The molecule has 4 nitrogen and oxygen atoms in total. The fourth-order valence-electron chi connectivity index (χ4n) is 1.89. The van der Waals surface area contributed by atoms with Crippen LogP contribution in [0.3, 0.4) is 0 Å². The number of imidazole rings is 1. The van der Waals surface area contributed by atoms with Crippen LogP contribution >= 0.6 is 27.3 Å². The average Bonchev–Trinajstić information content (AvgIpc) is 2.99. The Labute approximate surface area is 118 Å². The van der Waals surface area contributed by atoms with Gasteiger partial charge in [0, 0.05) is 33.2 Å². The highest BCUT2D eigenvalue weighted by Gasteiger charge is 2.24. The van der Waals surface area contributed by atoms with Crippen molar-refractivity contribution in [2.24, 2.45) is 5.73 Å². The zero-order valence-electron chi connectivity index (χ0n) is 9.88. The third-order valence-corrected chi connectivity index (χ3v) is 4.59. The van der Waals surface area contributed by atoms with Gasteiger partial charge in [-0.15, -0.1) is 11.3 Å². The molecule has 2 heterocycles. The first-order valence-corrected chi connectivity index (χ1v) is 7.27. The molecule has 2 aromatic rings. The van der Waals surface area contributed by atoms with E-state index in [1.807, 2.05) is 29.1 Å². The van der Waals surface area contributed by atoms with E-state index in [1.54, 1.807) is 17.5 Å². The zero-order valence-corrected chi connectivity index (χ0v) is 12.3. The molecule has 94 valence electrons. The van der Waals surface area contributed by atoms with E-state index in [2.05, 4.69) is 27.0 Å². The molecule has 0 aliphatic heterocycles. The Morgan fingerprint density at radius 3 is 3.00 bits per heavy atom. The van der Waals surface area contributed by atoms with Crippen molar-refractivity contribution in [1.29, 1.82) is 5.26 Å². The van der Waals surface area contributed by atoms with E-state index in [4.69, 9.17) is 11.0 Å². The van der Waals surface area contributed by atoms with E-state index in [0.29, 0.717) is 5.82 Å². The predicted octanol–water partition coefficient (Wildman–Crippen LogP) is 2.91. The van der Waals surface area contributed by atoms with Gasteiger partial charge in [-0.2, -0.15) is 5.26 Å². The van der Waals surface area contributed by atoms with Gasteiger partial charge >= 0.3 is 0 Å². The molecule has 0 aliphatic rings. The van der Waals surface area contributed by atoms with Crippen molar-refractivity contribution in [3.8, 4) is 6.07 Å². The highest BCUT2D eigenvalue weighted by atomic mass is 79.9. The molecule has 2 N–H and O–H groups in total. The summed E-state index contributed by atoms with van der Waals surface area (Å²) in [7, 11) is 0. The van der Waals surface area contributed by atoms with Crippen molar-refractivity contribution in [3.63, 3.8) is 0 Å². The molecule has 0 spiro atoms. The first-order valence-electron chi connectivity index (χ1n) is 5.59. The standard InChI is InChI=1S/C12H13BrN4S/c1-2-9(15)12(10-5-8(13)7-18-10)17-4-3-16-11(17)6-14/h3-5,7,9,12H,2,15H2,1H3. The lowest BCUT2D eigenvalue weighted by molar-refractivity contribution is 0.461. The maximum Gasteiger partial charge on any atom is 0.213 e. The van der Waals surface area contributed by atoms with Gasteiger partial charge in [0.05, 0.1) is 6.04 Å². The lowest BCUT2D eigenvalue weighted by Gasteiger charge is -2.23. The van der Waals surface area contributed by atoms with E-state index in [0.717, 1.165) is 15.8 Å². The monoisotopic (exact) mass is 324 g/mol. The number of hydrogen-bond acceptors (Lipinski definition) is 4. The number of halogens is 1. The molecule has 2 rings (SSSR count). The van der Waals surface area contributed by atoms with Crippen molar-refractivity contribution >= 4 is 27.3 Å². The largest absolute Gasteiger partial charge is 0.326 e. The Morgan fingerprint density at radius 2 is 2.44 bits per heavy atom. The summed E-state index contributed by atoms with van der Waals surface area (Å²) in [5.74, 6) is 0.397. The molecule has 0 saturated heterocycles. The van der Waals surface area contributed by atoms with Crippen LogP contribution in [0.1, 0.15) is 30.1 Å². The molecule has 6 heteroatoms. The summed E-state index contributed by atoms with van der Waals surface area (Å²) < 4.78 is 2.89. The Morgan fingerprint density at radius 1 is 1.67 bits per heavy atom. The number of nitrogens with zero attached hydrogens (tertiary/aromatic N) is 3. The first-order chi connectivity index (χ1) is 8.67. The van der Waals surface area contributed by atoms with Crippen molar-refractivity contribution in [1.82, 2.24) is 9.55 Å². The molecule has 2 aromatic heterocycles. The average molecular weight is 325 g/mol. The molecule has 18 heavy (non-hydrogen) atoms. The smallest absolute Gasteiger partial charge is 0.213 e. The summed E-state index contributed by atoms with van der Waals surface area (Å²) in [5.41, 5.74) is 6.21. The van der Waals surface area contributed by atoms with Crippen LogP contribution in [-0.4, -0.2) is 15.6 Å². The molecule has 0 saturated carbocycles.